The molecule has 1 saturated heterocycles. The summed E-state index contributed by atoms with van der Waals surface area (Å²) >= 11 is 0. The lowest BCUT2D eigenvalue weighted by Crippen LogP contribution is -2.50. The summed E-state index contributed by atoms with van der Waals surface area (Å²) in [6.07, 6.45) is -3.16. The minimum absolute atomic E-state index is 0.219. The van der Waals surface area contributed by atoms with Crippen molar-refractivity contribution >= 4 is 0 Å². The van der Waals surface area contributed by atoms with Gasteiger partial charge in [0.1, 0.15) is 6.04 Å². The fourth-order valence-electron chi connectivity index (χ4n) is 2.71. The highest BCUT2D eigenvalue weighted by Crippen LogP contribution is 2.37. The first-order chi connectivity index (χ1) is 10.3. The van der Waals surface area contributed by atoms with Crippen LogP contribution in [0.5, 0.6) is 5.75 Å². The van der Waals surface area contributed by atoms with E-state index in [0.717, 1.165) is 6.20 Å². The number of aryl methyl sites for hydroxylation is 1. The van der Waals surface area contributed by atoms with E-state index in [1.54, 1.807) is 6.92 Å². The van der Waals surface area contributed by atoms with Crippen LogP contribution in [0.2, 0.25) is 0 Å². The minimum atomic E-state index is -4.58. The first kappa shape index (κ1) is 16.8. The molecule has 1 atom stereocenters. The maximum absolute atomic E-state index is 13.5. The van der Waals surface area contributed by atoms with Gasteiger partial charge in [-0.05, 0) is 13.5 Å². The molecular weight excluding hydrogens is 299 g/mol. The molecule has 2 heterocycles. The second kappa shape index (κ2) is 6.29. The van der Waals surface area contributed by atoms with E-state index in [1.807, 2.05) is 11.9 Å². The number of halogens is 3. The molecule has 8 heteroatoms. The molecule has 0 bridgehead atoms. The van der Waals surface area contributed by atoms with Crippen molar-refractivity contribution in [2.75, 3.05) is 33.2 Å². The first-order valence-corrected chi connectivity index (χ1v) is 7.18. The monoisotopic (exact) mass is 319 g/mol. The highest BCUT2D eigenvalue weighted by molar-refractivity contribution is 5.32. The average molecular weight is 319 g/mol. The lowest BCUT2D eigenvalue weighted by atomic mass is 10.0. The quantitative estimate of drug-likeness (QED) is 0.886. The predicted molar refractivity (Wildman–Crippen MR) is 76.0 cm³/mol. The summed E-state index contributed by atoms with van der Waals surface area (Å²) in [7, 11) is 1.84. The molecule has 2 N–H and O–H groups in total. The van der Waals surface area contributed by atoms with Crippen LogP contribution in [-0.2, 0) is 6.42 Å². The molecule has 2 rings (SSSR count). The van der Waals surface area contributed by atoms with Crippen molar-refractivity contribution in [3.05, 3.63) is 27.7 Å². The number of nitrogens with zero attached hydrogens (tertiary/aromatic N) is 2. The Bertz CT molecular complexity index is 578. The molecule has 0 aromatic carbocycles. The van der Waals surface area contributed by atoms with Crippen LogP contribution >= 0.6 is 0 Å². The molecule has 1 aromatic heterocycles. The molecule has 0 aliphatic carbocycles. The van der Waals surface area contributed by atoms with Crippen molar-refractivity contribution in [2.24, 2.45) is 0 Å². The molecule has 1 aromatic rings. The largest absolute Gasteiger partial charge is 0.503 e. The molecule has 22 heavy (non-hydrogen) atoms. The Hall–Kier alpha value is -1.54. The Morgan fingerprint density at radius 1 is 1.32 bits per heavy atom. The van der Waals surface area contributed by atoms with Crippen LogP contribution < -0.4 is 5.43 Å². The van der Waals surface area contributed by atoms with Crippen LogP contribution in [0.3, 0.4) is 0 Å². The van der Waals surface area contributed by atoms with Gasteiger partial charge < -0.3 is 15.0 Å². The number of H-pyrrole nitrogens is 1. The number of likely N-dealkylation sites (N-methyl/N-ethyl adjacent to an activating group) is 1. The Balaban J connectivity index is 2.43. The van der Waals surface area contributed by atoms with E-state index in [2.05, 4.69) is 4.98 Å². The zero-order valence-electron chi connectivity index (χ0n) is 12.6. The van der Waals surface area contributed by atoms with Crippen molar-refractivity contribution in [1.29, 1.82) is 0 Å². The fourth-order valence-corrected chi connectivity index (χ4v) is 2.71. The number of rotatable bonds is 3. The zero-order valence-corrected chi connectivity index (χ0v) is 12.6. The molecule has 0 saturated carbocycles. The van der Waals surface area contributed by atoms with E-state index in [4.69, 9.17) is 0 Å². The van der Waals surface area contributed by atoms with Gasteiger partial charge in [0.25, 0.3) is 0 Å². The van der Waals surface area contributed by atoms with Crippen LogP contribution in [0.15, 0.2) is 11.0 Å². The molecular formula is C14H20F3N3O2. The Kier molecular flexibility index (Phi) is 4.81. The van der Waals surface area contributed by atoms with Gasteiger partial charge in [-0.1, -0.05) is 6.92 Å². The van der Waals surface area contributed by atoms with Gasteiger partial charge in [-0.2, -0.15) is 13.2 Å². The second-order valence-corrected chi connectivity index (χ2v) is 5.54. The normalized spacial score (nSPS) is 19.3. The summed E-state index contributed by atoms with van der Waals surface area (Å²) in [4.78, 5) is 17.9. The van der Waals surface area contributed by atoms with Gasteiger partial charge in [0.05, 0.1) is 5.69 Å². The zero-order chi connectivity index (χ0) is 16.5. The number of hydrogen-bond donors (Lipinski definition) is 2. The summed E-state index contributed by atoms with van der Waals surface area (Å²) in [6.45, 7) is 3.15. The van der Waals surface area contributed by atoms with Crippen molar-refractivity contribution in [3.63, 3.8) is 0 Å². The third-order valence-corrected chi connectivity index (χ3v) is 4.03. The van der Waals surface area contributed by atoms with Gasteiger partial charge in [-0.15, -0.1) is 0 Å². The summed E-state index contributed by atoms with van der Waals surface area (Å²) in [5, 5.41) is 9.80. The summed E-state index contributed by atoms with van der Waals surface area (Å²) in [6, 6.07) is -2.00. The van der Waals surface area contributed by atoms with E-state index in [0.29, 0.717) is 19.5 Å². The van der Waals surface area contributed by atoms with Crippen LogP contribution in [-0.4, -0.2) is 59.3 Å². The SMILES string of the molecule is CCc1[nH]cc(C(N2CCN(C)CC2)C(F)(F)F)c(=O)c1O. The van der Waals surface area contributed by atoms with Crippen molar-refractivity contribution < 1.29 is 18.3 Å². The van der Waals surface area contributed by atoms with Gasteiger partial charge in [0.15, 0.2) is 5.75 Å². The number of alkyl halides is 3. The molecule has 5 nitrogen and oxygen atoms in total. The molecule has 0 spiro atoms. The number of piperazine rings is 1. The van der Waals surface area contributed by atoms with Crippen molar-refractivity contribution in [2.45, 2.75) is 25.6 Å². The number of hydrogen-bond acceptors (Lipinski definition) is 4. The standard InChI is InChI=1S/C14H20F3N3O2/c1-3-10-12(22)11(21)9(8-18-10)13(14(15,16)17)20-6-4-19(2)5-7-20/h8,13,22H,3-7H2,1-2H3,(H,18,21). The van der Waals surface area contributed by atoms with Gasteiger partial charge in [-0.3, -0.25) is 9.69 Å². The highest BCUT2D eigenvalue weighted by Gasteiger charge is 2.46. The number of aromatic nitrogens is 1. The van der Waals surface area contributed by atoms with E-state index >= 15 is 0 Å². The van der Waals surface area contributed by atoms with E-state index in [-0.39, 0.29) is 18.8 Å². The van der Waals surface area contributed by atoms with Crippen LogP contribution in [0, 0.1) is 0 Å². The third-order valence-electron chi connectivity index (χ3n) is 4.03. The van der Waals surface area contributed by atoms with Crippen molar-refractivity contribution in [1.82, 2.24) is 14.8 Å². The van der Waals surface area contributed by atoms with Crippen LogP contribution in [0.4, 0.5) is 13.2 Å². The Labute approximate surface area is 126 Å². The van der Waals surface area contributed by atoms with Crippen LogP contribution in [0.25, 0.3) is 0 Å². The number of aromatic amines is 1. The Morgan fingerprint density at radius 2 is 1.91 bits per heavy atom. The summed E-state index contributed by atoms with van der Waals surface area (Å²) in [5.41, 5.74) is -1.16. The lowest BCUT2D eigenvalue weighted by molar-refractivity contribution is -0.190. The number of nitrogens with one attached hydrogen (secondary N) is 1. The maximum atomic E-state index is 13.5. The smallest absolute Gasteiger partial charge is 0.408 e. The van der Waals surface area contributed by atoms with E-state index < -0.39 is 29.0 Å². The van der Waals surface area contributed by atoms with Gasteiger partial charge in [0, 0.05) is 37.9 Å². The second-order valence-electron chi connectivity index (χ2n) is 5.54. The highest BCUT2D eigenvalue weighted by atomic mass is 19.4. The molecule has 1 aliphatic heterocycles. The summed E-state index contributed by atoms with van der Waals surface area (Å²) < 4.78 is 40.5. The van der Waals surface area contributed by atoms with Crippen LogP contribution in [0.1, 0.15) is 24.2 Å². The minimum Gasteiger partial charge on any atom is -0.503 e. The third kappa shape index (κ3) is 3.27. The molecule has 1 fully saturated rings. The van der Waals surface area contributed by atoms with E-state index in [1.165, 1.54) is 4.90 Å². The fraction of sp³-hybridized carbons (Fsp3) is 0.643. The van der Waals surface area contributed by atoms with Crippen molar-refractivity contribution in [3.8, 4) is 5.75 Å². The summed E-state index contributed by atoms with van der Waals surface area (Å²) in [5.74, 6) is -0.622. The van der Waals surface area contributed by atoms with Gasteiger partial charge in [-0.25, -0.2) is 0 Å². The van der Waals surface area contributed by atoms with Gasteiger partial charge >= 0.3 is 6.18 Å². The molecule has 1 unspecified atom stereocenters. The number of aromatic hydroxyl groups is 1. The average Bonchev–Trinajstić information content (AvgIpc) is 2.45. The Morgan fingerprint density at radius 3 is 2.41 bits per heavy atom. The van der Waals surface area contributed by atoms with E-state index in [9.17, 15) is 23.1 Å². The molecule has 1 aliphatic rings. The topological polar surface area (TPSA) is 59.6 Å². The molecule has 0 radical (unpaired) electrons. The molecule has 124 valence electrons. The first-order valence-electron chi connectivity index (χ1n) is 7.18. The molecule has 0 amide bonds. The number of pyridine rings is 1. The predicted octanol–water partition coefficient (Wildman–Crippen LogP) is 1.49. The van der Waals surface area contributed by atoms with Gasteiger partial charge in [0.2, 0.25) is 5.43 Å². The maximum Gasteiger partial charge on any atom is 0.408 e. The lowest BCUT2D eigenvalue weighted by Gasteiger charge is -2.38.